The summed E-state index contributed by atoms with van der Waals surface area (Å²) in [5, 5.41) is 2.19. The minimum atomic E-state index is 1.10. The largest absolute Gasteiger partial charge is 0.153 e. The Morgan fingerprint density at radius 1 is 0.700 bits per heavy atom. The first-order chi connectivity index (χ1) is 4.97. The molecule has 0 nitrogen and oxygen atoms in total. The number of fused-ring (bicyclic) bond motifs is 1. The van der Waals surface area contributed by atoms with Crippen molar-refractivity contribution in [3.05, 3.63) is 0 Å². The molecule has 1 saturated carbocycles. The molecule has 2 atom stereocenters. The molecule has 0 aromatic rings. The van der Waals surface area contributed by atoms with Gasteiger partial charge in [-0.25, -0.2) is 0 Å². The highest BCUT2D eigenvalue weighted by atomic mass is 32.2. The van der Waals surface area contributed by atoms with E-state index in [9.17, 15) is 0 Å². The maximum absolute atomic E-state index is 2.24. The normalized spacial score (nSPS) is 40.8. The van der Waals surface area contributed by atoms with Crippen molar-refractivity contribution in [3.63, 3.8) is 0 Å². The third-order valence-electron chi connectivity index (χ3n) is 2.66. The van der Waals surface area contributed by atoms with Gasteiger partial charge in [-0.2, -0.15) is 11.8 Å². The van der Waals surface area contributed by atoms with Gasteiger partial charge in [0.1, 0.15) is 0 Å². The molecule has 0 aromatic heterocycles. The molecule has 2 fully saturated rings. The van der Waals surface area contributed by atoms with Crippen LogP contribution < -0.4 is 0 Å². The molecule has 0 aromatic carbocycles. The monoisotopic (exact) mass is 156 g/mol. The van der Waals surface area contributed by atoms with E-state index in [0.717, 1.165) is 10.5 Å². The third-order valence-corrected chi connectivity index (χ3v) is 4.18. The van der Waals surface area contributed by atoms with Crippen LogP contribution in [0.5, 0.6) is 0 Å². The predicted molar refractivity (Wildman–Crippen MR) is 47.5 cm³/mol. The van der Waals surface area contributed by atoms with Crippen molar-refractivity contribution in [2.45, 2.75) is 55.4 Å². The lowest BCUT2D eigenvalue weighted by Crippen LogP contribution is -1.91. The molecule has 0 bridgehead atoms. The van der Waals surface area contributed by atoms with Crippen LogP contribution >= 0.6 is 11.8 Å². The maximum Gasteiger partial charge on any atom is 0.0169 e. The summed E-state index contributed by atoms with van der Waals surface area (Å²) in [6.45, 7) is 0. The number of rotatable bonds is 0. The van der Waals surface area contributed by atoms with Crippen LogP contribution in [0, 0.1) is 0 Å². The Bertz CT molecular complexity index is 99.3. The van der Waals surface area contributed by atoms with Crippen LogP contribution in [-0.2, 0) is 0 Å². The van der Waals surface area contributed by atoms with E-state index in [1.165, 1.54) is 44.9 Å². The Balaban J connectivity index is 1.77. The summed E-state index contributed by atoms with van der Waals surface area (Å²) in [7, 11) is 0. The summed E-state index contributed by atoms with van der Waals surface area (Å²) >= 11 is 2.24. The fourth-order valence-corrected chi connectivity index (χ4v) is 3.14. The Hall–Kier alpha value is 0.350. The average Bonchev–Trinajstić information content (AvgIpc) is 2.66. The minimum absolute atomic E-state index is 1.10. The van der Waals surface area contributed by atoms with Gasteiger partial charge in [-0.05, 0) is 12.8 Å². The molecule has 1 heteroatoms. The molecule has 0 spiro atoms. The third kappa shape index (κ3) is 1.69. The van der Waals surface area contributed by atoms with Crippen LogP contribution in [0.25, 0.3) is 0 Å². The smallest absolute Gasteiger partial charge is 0.0169 e. The first-order valence-electron chi connectivity index (χ1n) is 4.62. The van der Waals surface area contributed by atoms with Gasteiger partial charge in [-0.1, -0.05) is 32.1 Å². The minimum Gasteiger partial charge on any atom is -0.153 e. The molecule has 2 aliphatic rings. The molecule has 58 valence electrons. The fourth-order valence-electron chi connectivity index (χ4n) is 1.91. The highest BCUT2D eigenvalue weighted by molar-refractivity contribution is 8.07. The van der Waals surface area contributed by atoms with Gasteiger partial charge < -0.3 is 0 Å². The quantitative estimate of drug-likeness (QED) is 0.485. The molecule has 1 heterocycles. The summed E-state index contributed by atoms with van der Waals surface area (Å²) in [4.78, 5) is 0. The lowest BCUT2D eigenvalue weighted by Gasteiger charge is -1.95. The van der Waals surface area contributed by atoms with Crippen LogP contribution in [0.2, 0.25) is 0 Å². The molecule has 0 radical (unpaired) electrons. The molecule has 1 aliphatic heterocycles. The summed E-state index contributed by atoms with van der Waals surface area (Å²) in [5.74, 6) is 0. The summed E-state index contributed by atoms with van der Waals surface area (Å²) in [6.07, 6.45) is 10.6. The van der Waals surface area contributed by atoms with Crippen molar-refractivity contribution >= 4 is 11.8 Å². The predicted octanol–water partition coefficient (Wildman–Crippen LogP) is 3.21. The first kappa shape index (κ1) is 7.02. The lowest BCUT2D eigenvalue weighted by molar-refractivity contribution is 0.624. The van der Waals surface area contributed by atoms with Crippen molar-refractivity contribution in [1.29, 1.82) is 0 Å². The van der Waals surface area contributed by atoms with E-state index in [1.807, 2.05) is 0 Å². The Labute approximate surface area is 67.8 Å². The standard InChI is InChI=1S/C9H16S/c1-2-4-6-8-9(10-8)7-5-3-1/h8-9H,1-7H2/t8-,9-/m1/s1. The van der Waals surface area contributed by atoms with E-state index in [-0.39, 0.29) is 0 Å². The van der Waals surface area contributed by atoms with Crippen LogP contribution in [0.15, 0.2) is 0 Å². The lowest BCUT2D eigenvalue weighted by atomic mass is 10.1. The first-order valence-corrected chi connectivity index (χ1v) is 5.56. The van der Waals surface area contributed by atoms with Gasteiger partial charge in [0.15, 0.2) is 0 Å². The molecular formula is C9H16S. The highest BCUT2D eigenvalue weighted by Crippen LogP contribution is 2.48. The molecule has 10 heavy (non-hydrogen) atoms. The summed E-state index contributed by atoms with van der Waals surface area (Å²) < 4.78 is 0. The number of thioether (sulfide) groups is 1. The second kappa shape index (κ2) is 3.17. The Kier molecular flexibility index (Phi) is 2.22. The van der Waals surface area contributed by atoms with Crippen LogP contribution in [0.1, 0.15) is 44.9 Å². The van der Waals surface area contributed by atoms with Gasteiger partial charge in [0, 0.05) is 10.5 Å². The van der Waals surface area contributed by atoms with Crippen molar-refractivity contribution < 1.29 is 0 Å². The molecule has 1 saturated heterocycles. The van der Waals surface area contributed by atoms with Gasteiger partial charge in [0.05, 0.1) is 0 Å². The van der Waals surface area contributed by atoms with E-state index >= 15 is 0 Å². The van der Waals surface area contributed by atoms with Crippen molar-refractivity contribution in [1.82, 2.24) is 0 Å². The van der Waals surface area contributed by atoms with Gasteiger partial charge in [0.25, 0.3) is 0 Å². The van der Waals surface area contributed by atoms with Crippen LogP contribution in [0.3, 0.4) is 0 Å². The zero-order valence-electron chi connectivity index (χ0n) is 6.51. The van der Waals surface area contributed by atoms with E-state index in [4.69, 9.17) is 0 Å². The summed E-state index contributed by atoms with van der Waals surface area (Å²) in [5.41, 5.74) is 0. The van der Waals surface area contributed by atoms with E-state index < -0.39 is 0 Å². The summed E-state index contributed by atoms with van der Waals surface area (Å²) in [6, 6.07) is 0. The highest BCUT2D eigenvalue weighted by Gasteiger charge is 2.36. The number of hydrogen-bond acceptors (Lipinski definition) is 1. The molecule has 1 aliphatic carbocycles. The molecule has 0 N–H and O–H groups in total. The van der Waals surface area contributed by atoms with Gasteiger partial charge in [0.2, 0.25) is 0 Å². The van der Waals surface area contributed by atoms with Crippen molar-refractivity contribution in [3.8, 4) is 0 Å². The van der Waals surface area contributed by atoms with Crippen molar-refractivity contribution in [2.75, 3.05) is 0 Å². The van der Waals surface area contributed by atoms with E-state index in [2.05, 4.69) is 11.8 Å². The van der Waals surface area contributed by atoms with Crippen LogP contribution in [-0.4, -0.2) is 10.5 Å². The second-order valence-electron chi connectivity index (χ2n) is 3.56. The Morgan fingerprint density at radius 3 is 1.80 bits per heavy atom. The fraction of sp³-hybridized carbons (Fsp3) is 1.00. The SMILES string of the molecule is C1CCC[C@H]2S[C@@H]2CCC1. The molecule has 2 rings (SSSR count). The zero-order chi connectivity index (χ0) is 6.81. The second-order valence-corrected chi connectivity index (χ2v) is 5.04. The van der Waals surface area contributed by atoms with Gasteiger partial charge >= 0.3 is 0 Å². The maximum atomic E-state index is 2.24. The Morgan fingerprint density at radius 2 is 1.20 bits per heavy atom. The van der Waals surface area contributed by atoms with Crippen molar-refractivity contribution in [2.24, 2.45) is 0 Å². The zero-order valence-corrected chi connectivity index (χ0v) is 7.33. The van der Waals surface area contributed by atoms with E-state index in [0.29, 0.717) is 0 Å². The molecule has 0 unspecified atom stereocenters. The number of hydrogen-bond donors (Lipinski definition) is 0. The average molecular weight is 156 g/mol. The van der Waals surface area contributed by atoms with Gasteiger partial charge in [-0.15, -0.1) is 0 Å². The molecule has 0 amide bonds. The molecular weight excluding hydrogens is 140 g/mol. The van der Waals surface area contributed by atoms with Gasteiger partial charge in [-0.3, -0.25) is 0 Å². The van der Waals surface area contributed by atoms with Crippen LogP contribution in [0.4, 0.5) is 0 Å². The van der Waals surface area contributed by atoms with E-state index in [1.54, 1.807) is 0 Å². The topological polar surface area (TPSA) is 0 Å².